The van der Waals surface area contributed by atoms with Crippen LogP contribution in [0.3, 0.4) is 0 Å². The molecule has 24 heavy (non-hydrogen) atoms. The number of hydrogen-bond donors (Lipinski definition) is 2. The maximum Gasteiger partial charge on any atom is 0.252 e. The van der Waals surface area contributed by atoms with E-state index in [-0.39, 0.29) is 17.1 Å². The van der Waals surface area contributed by atoms with Crippen LogP contribution >= 0.6 is 11.6 Å². The molecule has 5 heteroatoms. The second-order valence-corrected chi connectivity index (χ2v) is 5.86. The number of carbonyl (C=O) groups is 1. The zero-order valence-electron chi connectivity index (χ0n) is 12.7. The Labute approximate surface area is 143 Å². The van der Waals surface area contributed by atoms with Crippen LogP contribution in [0.1, 0.15) is 22.0 Å². The number of benzene rings is 3. The summed E-state index contributed by atoms with van der Waals surface area (Å²) in [5, 5.41) is 15.0. The maximum atomic E-state index is 13.0. The minimum atomic E-state index is -0.849. The molecule has 1 amide bonds. The monoisotopic (exact) mass is 343 g/mol. The lowest BCUT2D eigenvalue weighted by molar-refractivity contribution is 0.0916. The molecule has 0 radical (unpaired) electrons. The molecule has 1 unspecified atom stereocenters. The van der Waals surface area contributed by atoms with E-state index in [0.29, 0.717) is 5.56 Å². The second-order valence-electron chi connectivity index (χ2n) is 5.46. The first kappa shape index (κ1) is 16.4. The highest BCUT2D eigenvalue weighted by molar-refractivity contribution is 6.33. The largest absolute Gasteiger partial charge is 0.387 e. The Morgan fingerprint density at radius 2 is 1.83 bits per heavy atom. The molecule has 3 aromatic rings. The van der Waals surface area contributed by atoms with Crippen molar-refractivity contribution in [1.82, 2.24) is 5.32 Å². The van der Waals surface area contributed by atoms with Crippen LogP contribution in [0.4, 0.5) is 4.39 Å². The van der Waals surface area contributed by atoms with Gasteiger partial charge in [-0.2, -0.15) is 0 Å². The third kappa shape index (κ3) is 3.55. The van der Waals surface area contributed by atoms with Crippen LogP contribution in [0.2, 0.25) is 5.02 Å². The van der Waals surface area contributed by atoms with E-state index in [1.165, 1.54) is 12.1 Å². The van der Waals surface area contributed by atoms with Gasteiger partial charge >= 0.3 is 0 Å². The number of amides is 1. The summed E-state index contributed by atoms with van der Waals surface area (Å²) in [7, 11) is 0. The molecule has 3 nitrogen and oxygen atoms in total. The molecule has 0 aliphatic carbocycles. The Morgan fingerprint density at radius 1 is 1.08 bits per heavy atom. The SMILES string of the molecule is O=C(NCC(O)c1ccc2ccccc2c1)c1ccc(F)cc1Cl. The van der Waals surface area contributed by atoms with Gasteiger partial charge in [-0.25, -0.2) is 4.39 Å². The standard InChI is InChI=1S/C19H15ClFNO2/c20-17-10-15(21)7-8-16(17)19(24)22-11-18(23)14-6-5-12-3-1-2-4-13(12)9-14/h1-10,18,23H,11H2,(H,22,24). The van der Waals surface area contributed by atoms with E-state index >= 15 is 0 Å². The van der Waals surface area contributed by atoms with E-state index in [4.69, 9.17) is 11.6 Å². The van der Waals surface area contributed by atoms with E-state index in [1.54, 1.807) is 0 Å². The Morgan fingerprint density at radius 3 is 2.58 bits per heavy atom. The molecule has 3 rings (SSSR count). The first-order chi connectivity index (χ1) is 11.5. The topological polar surface area (TPSA) is 49.3 Å². The summed E-state index contributed by atoms with van der Waals surface area (Å²) in [5.41, 5.74) is 0.878. The number of fused-ring (bicyclic) bond motifs is 1. The van der Waals surface area contributed by atoms with Crippen molar-refractivity contribution in [3.63, 3.8) is 0 Å². The van der Waals surface area contributed by atoms with E-state index in [0.717, 1.165) is 16.8 Å². The summed E-state index contributed by atoms with van der Waals surface area (Å²) in [4.78, 5) is 12.1. The van der Waals surface area contributed by atoms with Crippen molar-refractivity contribution < 1.29 is 14.3 Å². The molecule has 2 N–H and O–H groups in total. The van der Waals surface area contributed by atoms with Gasteiger partial charge in [0.15, 0.2) is 0 Å². The molecule has 0 aromatic heterocycles. The Hall–Kier alpha value is -2.43. The molecule has 0 saturated heterocycles. The third-order valence-corrected chi connectivity index (χ3v) is 4.10. The van der Waals surface area contributed by atoms with Crippen LogP contribution in [0.25, 0.3) is 10.8 Å². The number of halogens is 2. The molecule has 1 atom stereocenters. The molecule has 0 bridgehead atoms. The van der Waals surface area contributed by atoms with Gasteiger partial charge in [-0.15, -0.1) is 0 Å². The normalized spacial score (nSPS) is 12.1. The van der Waals surface area contributed by atoms with Crippen LogP contribution in [0.15, 0.2) is 60.7 Å². The lowest BCUT2D eigenvalue weighted by Gasteiger charge is -2.13. The number of hydrogen-bond acceptors (Lipinski definition) is 2. The van der Waals surface area contributed by atoms with Gasteiger partial charge in [0.25, 0.3) is 5.91 Å². The fourth-order valence-corrected chi connectivity index (χ4v) is 2.74. The summed E-state index contributed by atoms with van der Waals surface area (Å²) in [6.07, 6.45) is -0.849. The van der Waals surface area contributed by atoms with Gasteiger partial charge in [-0.05, 0) is 40.6 Å². The van der Waals surface area contributed by atoms with Crippen LogP contribution in [0.5, 0.6) is 0 Å². The molecule has 0 fully saturated rings. The van der Waals surface area contributed by atoms with Crippen LogP contribution in [-0.2, 0) is 0 Å². The van der Waals surface area contributed by atoms with Gasteiger partial charge < -0.3 is 10.4 Å². The predicted molar refractivity (Wildman–Crippen MR) is 92.7 cm³/mol. The van der Waals surface area contributed by atoms with E-state index in [1.807, 2.05) is 42.5 Å². The minimum Gasteiger partial charge on any atom is -0.387 e. The zero-order chi connectivity index (χ0) is 17.1. The molecule has 0 saturated carbocycles. The average Bonchev–Trinajstić information content (AvgIpc) is 2.59. The fourth-order valence-electron chi connectivity index (χ4n) is 2.49. The molecule has 122 valence electrons. The average molecular weight is 344 g/mol. The first-order valence-electron chi connectivity index (χ1n) is 7.44. The summed E-state index contributed by atoms with van der Waals surface area (Å²) in [6.45, 7) is 0.0326. The Balaban J connectivity index is 1.69. The van der Waals surface area contributed by atoms with Crippen molar-refractivity contribution in [2.24, 2.45) is 0 Å². The number of carbonyl (C=O) groups excluding carboxylic acids is 1. The predicted octanol–water partition coefficient (Wildman–Crippen LogP) is 4.10. The Kier molecular flexibility index (Phi) is 4.79. The van der Waals surface area contributed by atoms with Crippen molar-refractivity contribution in [2.75, 3.05) is 6.54 Å². The fraction of sp³-hybridized carbons (Fsp3) is 0.105. The quantitative estimate of drug-likeness (QED) is 0.749. The molecule has 3 aromatic carbocycles. The van der Waals surface area contributed by atoms with Gasteiger partial charge in [-0.3, -0.25) is 4.79 Å². The van der Waals surface area contributed by atoms with E-state index in [2.05, 4.69) is 5.32 Å². The van der Waals surface area contributed by atoms with Crippen molar-refractivity contribution in [3.8, 4) is 0 Å². The lowest BCUT2D eigenvalue weighted by atomic mass is 10.0. The smallest absolute Gasteiger partial charge is 0.252 e. The molecule has 0 aliphatic heterocycles. The molecular weight excluding hydrogens is 329 g/mol. The van der Waals surface area contributed by atoms with Gasteiger partial charge in [0.05, 0.1) is 16.7 Å². The van der Waals surface area contributed by atoms with Crippen molar-refractivity contribution in [3.05, 3.63) is 82.6 Å². The van der Waals surface area contributed by atoms with Crippen LogP contribution in [-0.4, -0.2) is 17.6 Å². The van der Waals surface area contributed by atoms with Gasteiger partial charge in [0, 0.05) is 6.54 Å². The first-order valence-corrected chi connectivity index (χ1v) is 7.82. The molecule has 0 spiro atoms. The highest BCUT2D eigenvalue weighted by Crippen LogP contribution is 2.21. The Bertz CT molecular complexity index is 897. The van der Waals surface area contributed by atoms with Gasteiger partial charge in [0.1, 0.15) is 5.82 Å². The molecule has 0 aliphatic rings. The minimum absolute atomic E-state index is 0.0326. The van der Waals surface area contributed by atoms with E-state index in [9.17, 15) is 14.3 Å². The summed E-state index contributed by atoms with van der Waals surface area (Å²) in [6, 6.07) is 17.0. The van der Waals surface area contributed by atoms with Crippen LogP contribution < -0.4 is 5.32 Å². The summed E-state index contributed by atoms with van der Waals surface area (Å²) < 4.78 is 13.0. The zero-order valence-corrected chi connectivity index (χ0v) is 13.4. The highest BCUT2D eigenvalue weighted by atomic mass is 35.5. The van der Waals surface area contributed by atoms with Gasteiger partial charge in [0.2, 0.25) is 0 Å². The van der Waals surface area contributed by atoms with E-state index < -0.39 is 17.8 Å². The number of aliphatic hydroxyl groups is 1. The summed E-state index contributed by atoms with van der Waals surface area (Å²) in [5.74, 6) is -0.965. The lowest BCUT2D eigenvalue weighted by Crippen LogP contribution is -2.28. The maximum absolute atomic E-state index is 13.0. The highest BCUT2D eigenvalue weighted by Gasteiger charge is 2.14. The van der Waals surface area contributed by atoms with Crippen molar-refractivity contribution >= 4 is 28.3 Å². The van der Waals surface area contributed by atoms with Crippen molar-refractivity contribution in [2.45, 2.75) is 6.10 Å². The number of aliphatic hydroxyl groups excluding tert-OH is 1. The van der Waals surface area contributed by atoms with Gasteiger partial charge in [-0.1, -0.05) is 48.0 Å². The summed E-state index contributed by atoms with van der Waals surface area (Å²) >= 11 is 5.86. The second kappa shape index (κ2) is 6.99. The van der Waals surface area contributed by atoms with Crippen LogP contribution in [0, 0.1) is 5.82 Å². The van der Waals surface area contributed by atoms with Crippen molar-refractivity contribution in [1.29, 1.82) is 0 Å². The number of rotatable bonds is 4. The number of nitrogens with one attached hydrogen (secondary N) is 1. The molecule has 0 heterocycles. The molecular formula is C19H15ClFNO2. The third-order valence-electron chi connectivity index (χ3n) is 3.79.